The number of halogens is 3. The number of benzene rings is 2. The van der Waals surface area contributed by atoms with E-state index in [9.17, 15) is 13.6 Å². The van der Waals surface area contributed by atoms with Crippen LogP contribution < -0.4 is 10.2 Å². The Labute approximate surface area is 198 Å². The second-order valence-corrected chi connectivity index (χ2v) is 10.1. The van der Waals surface area contributed by atoms with Crippen molar-refractivity contribution in [2.75, 3.05) is 23.3 Å². The van der Waals surface area contributed by atoms with Gasteiger partial charge in [0.05, 0.1) is 22.5 Å². The summed E-state index contributed by atoms with van der Waals surface area (Å²) < 4.78 is 29.2. The van der Waals surface area contributed by atoms with Gasteiger partial charge in [0.2, 0.25) is 0 Å². The molecule has 8 heteroatoms. The van der Waals surface area contributed by atoms with Gasteiger partial charge in [-0.1, -0.05) is 22.0 Å². The van der Waals surface area contributed by atoms with Crippen molar-refractivity contribution in [1.29, 1.82) is 0 Å². The second kappa shape index (κ2) is 7.94. The molecule has 1 aliphatic carbocycles. The molecule has 2 bridgehead atoms. The maximum absolute atomic E-state index is 13.4. The number of aromatic nitrogens is 2. The Morgan fingerprint density at radius 3 is 2.73 bits per heavy atom. The number of anilines is 2. The smallest absolute Gasteiger partial charge is 0.269 e. The number of hydrogen-bond acceptors (Lipinski definition) is 3. The molecular weight excluding hydrogens is 490 g/mol. The van der Waals surface area contributed by atoms with Crippen molar-refractivity contribution in [3.8, 4) is 0 Å². The zero-order valence-electron chi connectivity index (χ0n) is 18.0. The average molecular weight is 513 g/mol. The van der Waals surface area contributed by atoms with Gasteiger partial charge in [0.25, 0.3) is 12.0 Å². The van der Waals surface area contributed by atoms with Crippen molar-refractivity contribution in [2.45, 2.75) is 44.1 Å². The number of carbonyl (C=O) groups excluding carboxylic acids is 1. The largest absolute Gasteiger partial charge is 0.369 e. The first-order chi connectivity index (χ1) is 16.0. The van der Waals surface area contributed by atoms with E-state index >= 15 is 0 Å². The molecule has 3 heterocycles. The first kappa shape index (κ1) is 20.8. The molecule has 2 atom stereocenters. The van der Waals surface area contributed by atoms with Gasteiger partial charge in [-0.15, -0.1) is 0 Å². The van der Waals surface area contributed by atoms with Crippen molar-refractivity contribution in [1.82, 2.24) is 9.55 Å². The van der Waals surface area contributed by atoms with Crippen LogP contribution in [0.25, 0.3) is 11.0 Å². The van der Waals surface area contributed by atoms with Crippen LogP contribution in [0.2, 0.25) is 0 Å². The van der Waals surface area contributed by atoms with Crippen LogP contribution in [0.5, 0.6) is 0 Å². The van der Waals surface area contributed by atoms with E-state index < -0.39 is 6.08 Å². The van der Waals surface area contributed by atoms with E-state index in [1.165, 1.54) is 12.8 Å². The van der Waals surface area contributed by atoms with Crippen LogP contribution in [-0.2, 0) is 0 Å². The van der Waals surface area contributed by atoms with Gasteiger partial charge >= 0.3 is 0 Å². The third kappa shape index (κ3) is 3.46. The molecule has 2 aromatic carbocycles. The molecule has 0 radical (unpaired) electrons. The SMILES string of the molecule is O=C(Nc1ccc(Br)cc1N1CCC(=C(F)F)CC1)c1cccc2c1nc1n2[C@H]2CC[C@@H]1C2. The molecule has 1 aromatic heterocycles. The Bertz CT molecular complexity index is 1300. The Kier molecular flexibility index (Phi) is 5.01. The van der Waals surface area contributed by atoms with E-state index in [0.717, 1.165) is 33.4 Å². The number of imidazole rings is 1. The van der Waals surface area contributed by atoms with E-state index in [4.69, 9.17) is 4.98 Å². The Morgan fingerprint density at radius 1 is 1.12 bits per heavy atom. The van der Waals surface area contributed by atoms with Crippen LogP contribution in [0.4, 0.5) is 20.2 Å². The molecule has 1 saturated carbocycles. The molecule has 5 nitrogen and oxygen atoms in total. The quantitative estimate of drug-likeness (QED) is 0.428. The minimum atomic E-state index is -1.56. The predicted octanol–water partition coefficient (Wildman–Crippen LogP) is 6.62. The predicted molar refractivity (Wildman–Crippen MR) is 128 cm³/mol. The van der Waals surface area contributed by atoms with Crippen molar-refractivity contribution in [3.05, 3.63) is 63.9 Å². The first-order valence-corrected chi connectivity index (χ1v) is 12.2. The lowest BCUT2D eigenvalue weighted by Crippen LogP contribution is -2.31. The number of fused-ring (bicyclic) bond motifs is 7. The standard InChI is InChI=1S/C25H23BrF2N4O/c26-16-5-7-19(21(13-16)31-10-8-14(9-11-31)23(27)28)29-25(33)18-2-1-3-20-22(18)30-24-15-4-6-17(12-15)32(20)24/h1-3,5,7,13,15,17H,4,6,8-12H2,(H,29,33)/t15-,17+/m1/s1. The molecule has 33 heavy (non-hydrogen) atoms. The number of hydrogen-bond donors (Lipinski definition) is 1. The number of nitrogens with zero attached hydrogens (tertiary/aromatic N) is 3. The molecule has 0 spiro atoms. The van der Waals surface area contributed by atoms with Gasteiger partial charge in [-0.05, 0) is 68.0 Å². The molecule has 1 N–H and O–H groups in total. The monoisotopic (exact) mass is 512 g/mol. The van der Waals surface area contributed by atoms with Crippen LogP contribution in [-0.4, -0.2) is 28.5 Å². The number of nitrogens with one attached hydrogen (secondary N) is 1. The van der Waals surface area contributed by atoms with Crippen LogP contribution in [0.1, 0.15) is 60.2 Å². The fraction of sp³-hybridized carbons (Fsp3) is 0.360. The third-order valence-electron chi connectivity index (χ3n) is 7.31. The molecule has 6 rings (SSSR count). The van der Waals surface area contributed by atoms with Crippen LogP contribution in [0, 0.1) is 0 Å². The maximum atomic E-state index is 13.4. The van der Waals surface area contributed by atoms with Crippen molar-refractivity contribution in [2.24, 2.45) is 0 Å². The molecule has 1 saturated heterocycles. The molecule has 2 fully saturated rings. The Balaban J connectivity index is 1.31. The third-order valence-corrected chi connectivity index (χ3v) is 7.80. The number of para-hydroxylation sites is 1. The molecule has 1 amide bonds. The highest BCUT2D eigenvalue weighted by Crippen LogP contribution is 2.50. The summed E-state index contributed by atoms with van der Waals surface area (Å²) in [7, 11) is 0. The van der Waals surface area contributed by atoms with Gasteiger partial charge < -0.3 is 14.8 Å². The summed E-state index contributed by atoms with van der Waals surface area (Å²) in [6.07, 6.45) is 2.60. The van der Waals surface area contributed by atoms with Gasteiger partial charge in [0.1, 0.15) is 11.3 Å². The van der Waals surface area contributed by atoms with E-state index in [1.54, 1.807) is 0 Å². The Hall–Kier alpha value is -2.74. The van der Waals surface area contributed by atoms with E-state index in [-0.39, 0.29) is 11.5 Å². The second-order valence-electron chi connectivity index (χ2n) is 9.14. The summed E-state index contributed by atoms with van der Waals surface area (Å²) >= 11 is 3.50. The van der Waals surface area contributed by atoms with Gasteiger partial charge in [-0.3, -0.25) is 4.79 Å². The Morgan fingerprint density at radius 2 is 1.94 bits per heavy atom. The summed E-state index contributed by atoms with van der Waals surface area (Å²) in [5, 5.41) is 3.07. The van der Waals surface area contributed by atoms with Crippen molar-refractivity contribution >= 4 is 44.2 Å². The number of piperidine rings is 1. The van der Waals surface area contributed by atoms with Crippen LogP contribution in [0.15, 0.2) is 52.5 Å². The van der Waals surface area contributed by atoms with Crippen LogP contribution in [0.3, 0.4) is 0 Å². The summed E-state index contributed by atoms with van der Waals surface area (Å²) in [5.41, 5.74) is 4.07. The summed E-state index contributed by atoms with van der Waals surface area (Å²) in [5.74, 6) is 1.41. The number of amides is 1. The fourth-order valence-electron chi connectivity index (χ4n) is 5.69. The lowest BCUT2D eigenvalue weighted by molar-refractivity contribution is 0.102. The highest BCUT2D eigenvalue weighted by atomic mass is 79.9. The highest BCUT2D eigenvalue weighted by Gasteiger charge is 2.39. The van der Waals surface area contributed by atoms with Crippen molar-refractivity contribution < 1.29 is 13.6 Å². The molecule has 170 valence electrons. The van der Waals surface area contributed by atoms with Gasteiger partial charge in [0.15, 0.2) is 0 Å². The summed E-state index contributed by atoms with van der Waals surface area (Å²) in [6, 6.07) is 12.0. The van der Waals surface area contributed by atoms with Gasteiger partial charge in [0, 0.05) is 29.5 Å². The number of rotatable bonds is 3. The minimum Gasteiger partial charge on any atom is -0.369 e. The molecule has 2 aliphatic heterocycles. The average Bonchev–Trinajstić information content (AvgIpc) is 3.52. The van der Waals surface area contributed by atoms with E-state index in [2.05, 4.69) is 36.8 Å². The zero-order valence-corrected chi connectivity index (χ0v) is 19.5. The normalized spacial score (nSPS) is 21.5. The van der Waals surface area contributed by atoms with Gasteiger partial charge in [-0.2, -0.15) is 8.78 Å². The molecular formula is C25H23BrF2N4O. The van der Waals surface area contributed by atoms with Crippen LogP contribution >= 0.6 is 15.9 Å². The van der Waals surface area contributed by atoms with Crippen molar-refractivity contribution in [3.63, 3.8) is 0 Å². The summed E-state index contributed by atoms with van der Waals surface area (Å²) in [4.78, 5) is 20.3. The van der Waals surface area contributed by atoms with Gasteiger partial charge in [-0.25, -0.2) is 4.98 Å². The lowest BCUT2D eigenvalue weighted by Gasteiger charge is -2.31. The first-order valence-electron chi connectivity index (χ1n) is 11.4. The van der Waals surface area contributed by atoms with E-state index in [0.29, 0.717) is 49.1 Å². The summed E-state index contributed by atoms with van der Waals surface area (Å²) in [6.45, 7) is 0.968. The highest BCUT2D eigenvalue weighted by molar-refractivity contribution is 9.10. The minimum absolute atomic E-state index is 0.208. The fourth-order valence-corrected chi connectivity index (χ4v) is 6.03. The molecule has 3 aromatic rings. The topological polar surface area (TPSA) is 50.2 Å². The molecule has 3 aliphatic rings. The maximum Gasteiger partial charge on any atom is 0.269 e. The number of carbonyl (C=O) groups is 1. The molecule has 0 unspecified atom stereocenters. The van der Waals surface area contributed by atoms with E-state index in [1.807, 2.05) is 30.3 Å². The zero-order chi connectivity index (χ0) is 22.7. The lowest BCUT2D eigenvalue weighted by atomic mass is 10.0.